The van der Waals surface area contributed by atoms with Crippen molar-refractivity contribution in [2.45, 2.75) is 19.4 Å². The minimum atomic E-state index is -0.414. The number of hydrogen-bond acceptors (Lipinski definition) is 4. The van der Waals surface area contributed by atoms with Crippen LogP contribution in [0.25, 0.3) is 5.65 Å². The number of rotatable bonds is 5. The second-order valence-corrected chi connectivity index (χ2v) is 5.88. The minimum absolute atomic E-state index is 0.0867. The first-order valence-corrected chi connectivity index (χ1v) is 7.97. The van der Waals surface area contributed by atoms with Crippen molar-refractivity contribution >= 4 is 23.2 Å². The standard InChI is InChI=1S/C18H14ClFN2O3/c19-13-4-7-16-21-15(9-17(23)22(16)10-13)11-25-18(24)8-3-12-1-5-14(20)6-2-12/h1-2,4-7,9-10H,3,8,11H2. The normalized spacial score (nSPS) is 10.8. The maximum absolute atomic E-state index is 12.8. The molecule has 0 aliphatic heterocycles. The van der Waals surface area contributed by atoms with Gasteiger partial charge >= 0.3 is 5.97 Å². The second-order valence-electron chi connectivity index (χ2n) is 5.45. The first-order chi connectivity index (χ1) is 12.0. The van der Waals surface area contributed by atoms with E-state index in [-0.39, 0.29) is 24.4 Å². The van der Waals surface area contributed by atoms with E-state index in [0.717, 1.165) is 5.56 Å². The first kappa shape index (κ1) is 17.1. The average molecular weight is 361 g/mol. The third-order valence-corrected chi connectivity index (χ3v) is 3.81. The van der Waals surface area contributed by atoms with Crippen LogP contribution in [-0.2, 0) is 22.6 Å². The molecular formula is C18H14ClFN2O3. The highest BCUT2D eigenvalue weighted by atomic mass is 35.5. The summed E-state index contributed by atoms with van der Waals surface area (Å²) in [6.45, 7) is -0.0867. The molecule has 0 amide bonds. The Hall–Kier alpha value is -2.73. The van der Waals surface area contributed by atoms with Crippen molar-refractivity contribution in [3.05, 3.63) is 81.1 Å². The Labute approximate surface area is 147 Å². The summed E-state index contributed by atoms with van der Waals surface area (Å²) in [4.78, 5) is 28.1. The number of aromatic nitrogens is 2. The first-order valence-electron chi connectivity index (χ1n) is 7.59. The predicted molar refractivity (Wildman–Crippen MR) is 91.0 cm³/mol. The molecule has 5 nitrogen and oxygen atoms in total. The van der Waals surface area contributed by atoms with Gasteiger partial charge in [-0.3, -0.25) is 14.0 Å². The maximum atomic E-state index is 12.8. The third kappa shape index (κ3) is 4.42. The fraction of sp³-hybridized carbons (Fsp3) is 0.167. The van der Waals surface area contributed by atoms with E-state index in [9.17, 15) is 14.0 Å². The van der Waals surface area contributed by atoms with Crippen LogP contribution in [0.5, 0.6) is 0 Å². The SMILES string of the molecule is O=C(CCc1ccc(F)cc1)OCc1cc(=O)n2cc(Cl)ccc2n1. The fourth-order valence-electron chi connectivity index (χ4n) is 2.32. The van der Waals surface area contributed by atoms with Crippen LogP contribution in [-0.4, -0.2) is 15.4 Å². The summed E-state index contributed by atoms with van der Waals surface area (Å²) in [7, 11) is 0. The van der Waals surface area contributed by atoms with Crippen LogP contribution in [0, 0.1) is 5.82 Å². The summed E-state index contributed by atoms with van der Waals surface area (Å²) in [5.74, 6) is -0.733. The molecule has 1 aromatic carbocycles. The number of halogens is 2. The molecule has 25 heavy (non-hydrogen) atoms. The van der Waals surface area contributed by atoms with Gasteiger partial charge in [0.25, 0.3) is 5.56 Å². The lowest BCUT2D eigenvalue weighted by atomic mass is 10.1. The number of nitrogens with zero attached hydrogens (tertiary/aromatic N) is 2. The van der Waals surface area contributed by atoms with E-state index in [2.05, 4.69) is 4.98 Å². The molecule has 0 atom stereocenters. The topological polar surface area (TPSA) is 60.7 Å². The Balaban J connectivity index is 1.60. The number of aryl methyl sites for hydroxylation is 1. The number of ether oxygens (including phenoxy) is 1. The van der Waals surface area contributed by atoms with Crippen molar-refractivity contribution in [3.8, 4) is 0 Å². The van der Waals surface area contributed by atoms with Gasteiger partial charge in [0.05, 0.1) is 10.7 Å². The summed E-state index contributed by atoms with van der Waals surface area (Å²) in [5.41, 5.74) is 1.33. The number of pyridine rings is 1. The summed E-state index contributed by atoms with van der Waals surface area (Å²) >= 11 is 5.85. The van der Waals surface area contributed by atoms with Gasteiger partial charge in [0.15, 0.2) is 0 Å². The van der Waals surface area contributed by atoms with Gasteiger partial charge in [-0.1, -0.05) is 23.7 Å². The average Bonchev–Trinajstić information content (AvgIpc) is 2.60. The molecule has 3 aromatic rings. The van der Waals surface area contributed by atoms with E-state index >= 15 is 0 Å². The molecule has 0 aliphatic carbocycles. The lowest BCUT2D eigenvalue weighted by molar-refractivity contribution is -0.145. The summed E-state index contributed by atoms with van der Waals surface area (Å²) in [6.07, 6.45) is 2.09. The monoisotopic (exact) mass is 360 g/mol. The predicted octanol–water partition coefficient (Wildman–Crippen LogP) is 3.16. The Morgan fingerprint density at radius 1 is 1.20 bits per heavy atom. The number of carbonyl (C=O) groups is 1. The van der Waals surface area contributed by atoms with Crippen molar-refractivity contribution in [2.75, 3.05) is 0 Å². The van der Waals surface area contributed by atoms with E-state index in [0.29, 0.717) is 22.8 Å². The molecule has 0 bridgehead atoms. The van der Waals surface area contributed by atoms with Crippen LogP contribution in [0.4, 0.5) is 4.39 Å². The van der Waals surface area contributed by atoms with E-state index in [1.807, 2.05) is 0 Å². The number of benzene rings is 1. The van der Waals surface area contributed by atoms with Crippen molar-refractivity contribution in [1.29, 1.82) is 0 Å². The van der Waals surface area contributed by atoms with Gasteiger partial charge in [-0.25, -0.2) is 9.37 Å². The van der Waals surface area contributed by atoms with Crippen LogP contribution in [0.2, 0.25) is 5.02 Å². The molecule has 0 spiro atoms. The quantitative estimate of drug-likeness (QED) is 0.656. The highest BCUT2D eigenvalue weighted by Gasteiger charge is 2.08. The molecule has 2 heterocycles. The molecule has 0 aliphatic rings. The number of esters is 1. The number of carbonyl (C=O) groups excluding carboxylic acids is 1. The largest absolute Gasteiger partial charge is 0.459 e. The Bertz CT molecular complexity index is 970. The summed E-state index contributed by atoms with van der Waals surface area (Å²) < 4.78 is 19.3. The van der Waals surface area contributed by atoms with Crippen LogP contribution >= 0.6 is 11.6 Å². The fourth-order valence-corrected chi connectivity index (χ4v) is 2.48. The Morgan fingerprint density at radius 2 is 1.96 bits per heavy atom. The van der Waals surface area contributed by atoms with Crippen LogP contribution in [0.3, 0.4) is 0 Å². The zero-order valence-corrected chi connectivity index (χ0v) is 13.9. The van der Waals surface area contributed by atoms with E-state index in [1.54, 1.807) is 24.3 Å². The van der Waals surface area contributed by atoms with Gasteiger partial charge in [0.1, 0.15) is 18.1 Å². The number of hydrogen-bond donors (Lipinski definition) is 0. The van der Waals surface area contributed by atoms with Crippen LogP contribution in [0.1, 0.15) is 17.7 Å². The molecule has 0 N–H and O–H groups in total. The molecule has 0 radical (unpaired) electrons. The Morgan fingerprint density at radius 3 is 2.72 bits per heavy atom. The van der Waals surface area contributed by atoms with E-state index in [4.69, 9.17) is 16.3 Å². The molecule has 0 saturated heterocycles. The molecule has 2 aromatic heterocycles. The summed E-state index contributed by atoms with van der Waals surface area (Å²) in [6, 6.07) is 10.5. The van der Waals surface area contributed by atoms with Gasteiger partial charge in [-0.2, -0.15) is 0 Å². The van der Waals surface area contributed by atoms with Crippen LogP contribution in [0.15, 0.2) is 53.5 Å². The van der Waals surface area contributed by atoms with Crippen molar-refractivity contribution < 1.29 is 13.9 Å². The lowest BCUT2D eigenvalue weighted by Crippen LogP contribution is -2.16. The zero-order chi connectivity index (χ0) is 17.8. The highest BCUT2D eigenvalue weighted by Crippen LogP contribution is 2.10. The molecule has 0 saturated carbocycles. The smallest absolute Gasteiger partial charge is 0.306 e. The van der Waals surface area contributed by atoms with Crippen molar-refractivity contribution in [3.63, 3.8) is 0 Å². The Kier molecular flexibility index (Phi) is 5.09. The van der Waals surface area contributed by atoms with Gasteiger partial charge < -0.3 is 4.74 Å². The molecule has 128 valence electrons. The molecule has 3 rings (SSSR count). The molecular weight excluding hydrogens is 347 g/mol. The molecule has 7 heteroatoms. The molecule has 0 fully saturated rings. The van der Waals surface area contributed by atoms with E-state index < -0.39 is 5.97 Å². The van der Waals surface area contributed by atoms with Crippen LogP contribution < -0.4 is 5.56 Å². The molecule has 0 unspecified atom stereocenters. The zero-order valence-electron chi connectivity index (χ0n) is 13.1. The van der Waals surface area contributed by atoms with Crippen molar-refractivity contribution in [1.82, 2.24) is 9.38 Å². The van der Waals surface area contributed by atoms with Gasteiger partial charge in [0, 0.05) is 18.7 Å². The third-order valence-electron chi connectivity index (χ3n) is 3.59. The minimum Gasteiger partial charge on any atom is -0.459 e. The highest BCUT2D eigenvalue weighted by molar-refractivity contribution is 6.30. The number of fused-ring (bicyclic) bond motifs is 1. The van der Waals surface area contributed by atoms with Crippen molar-refractivity contribution in [2.24, 2.45) is 0 Å². The maximum Gasteiger partial charge on any atom is 0.306 e. The summed E-state index contributed by atoms with van der Waals surface area (Å²) in [5, 5.41) is 0.427. The van der Waals surface area contributed by atoms with E-state index in [1.165, 1.54) is 28.8 Å². The van der Waals surface area contributed by atoms with Gasteiger partial charge in [-0.15, -0.1) is 0 Å². The van der Waals surface area contributed by atoms with Gasteiger partial charge in [-0.05, 0) is 36.2 Å². The second kappa shape index (κ2) is 7.44. The van der Waals surface area contributed by atoms with Gasteiger partial charge in [0.2, 0.25) is 0 Å². The lowest BCUT2D eigenvalue weighted by Gasteiger charge is -2.06.